The summed E-state index contributed by atoms with van der Waals surface area (Å²) in [6.07, 6.45) is 0.594. The second-order valence-electron chi connectivity index (χ2n) is 3.76. The Labute approximate surface area is 78.0 Å². The maximum atomic E-state index is 14.2. The molecule has 1 aliphatic heterocycles. The SMILES string of the molecule is Cc1cccc(C2(F)CCNC2)c1. The third-order valence-electron chi connectivity index (χ3n) is 2.64. The van der Waals surface area contributed by atoms with Gasteiger partial charge in [0.05, 0.1) is 0 Å². The van der Waals surface area contributed by atoms with Crippen LogP contribution >= 0.6 is 0 Å². The van der Waals surface area contributed by atoms with Crippen molar-refractivity contribution in [2.45, 2.75) is 19.0 Å². The molecule has 1 aliphatic rings. The molecule has 0 spiro atoms. The molecule has 0 radical (unpaired) electrons. The van der Waals surface area contributed by atoms with Gasteiger partial charge in [0, 0.05) is 6.54 Å². The normalized spacial score (nSPS) is 27.8. The van der Waals surface area contributed by atoms with Crippen LogP contribution in [0.1, 0.15) is 17.5 Å². The summed E-state index contributed by atoms with van der Waals surface area (Å²) in [5, 5.41) is 3.06. The van der Waals surface area contributed by atoms with Gasteiger partial charge in [0.2, 0.25) is 0 Å². The number of nitrogens with one attached hydrogen (secondary N) is 1. The van der Waals surface area contributed by atoms with E-state index in [2.05, 4.69) is 5.32 Å². The number of rotatable bonds is 1. The highest BCUT2D eigenvalue weighted by molar-refractivity contribution is 5.28. The zero-order chi connectivity index (χ0) is 9.31. The molecule has 1 unspecified atom stereocenters. The number of hydrogen-bond acceptors (Lipinski definition) is 1. The van der Waals surface area contributed by atoms with Gasteiger partial charge in [-0.3, -0.25) is 0 Å². The van der Waals surface area contributed by atoms with Crippen LogP contribution in [0, 0.1) is 6.92 Å². The Hall–Kier alpha value is -0.890. The maximum absolute atomic E-state index is 14.2. The first-order valence-electron chi connectivity index (χ1n) is 4.67. The van der Waals surface area contributed by atoms with E-state index in [0.717, 1.165) is 17.7 Å². The summed E-state index contributed by atoms with van der Waals surface area (Å²) < 4.78 is 14.2. The highest BCUT2D eigenvalue weighted by Gasteiger charge is 2.35. The lowest BCUT2D eigenvalue weighted by molar-refractivity contribution is 0.193. The Kier molecular flexibility index (Phi) is 2.08. The Balaban J connectivity index is 2.33. The number of halogens is 1. The lowest BCUT2D eigenvalue weighted by Gasteiger charge is -2.18. The van der Waals surface area contributed by atoms with Crippen molar-refractivity contribution in [3.8, 4) is 0 Å². The van der Waals surface area contributed by atoms with Crippen molar-refractivity contribution in [2.75, 3.05) is 13.1 Å². The molecule has 0 aliphatic carbocycles. The van der Waals surface area contributed by atoms with Gasteiger partial charge in [0.25, 0.3) is 0 Å². The number of hydrogen-bond donors (Lipinski definition) is 1. The lowest BCUT2D eigenvalue weighted by Crippen LogP contribution is -2.23. The van der Waals surface area contributed by atoms with E-state index in [4.69, 9.17) is 0 Å². The molecule has 70 valence electrons. The van der Waals surface area contributed by atoms with Crippen molar-refractivity contribution in [1.82, 2.24) is 5.32 Å². The molecular weight excluding hydrogens is 165 g/mol. The highest BCUT2D eigenvalue weighted by atomic mass is 19.1. The van der Waals surface area contributed by atoms with Crippen molar-refractivity contribution in [3.63, 3.8) is 0 Å². The molecule has 0 amide bonds. The molecule has 13 heavy (non-hydrogen) atoms. The van der Waals surface area contributed by atoms with Gasteiger partial charge in [-0.2, -0.15) is 0 Å². The summed E-state index contributed by atoms with van der Waals surface area (Å²) in [5.74, 6) is 0. The van der Waals surface area contributed by atoms with Crippen LogP contribution in [0.25, 0.3) is 0 Å². The van der Waals surface area contributed by atoms with Crippen molar-refractivity contribution in [3.05, 3.63) is 35.4 Å². The van der Waals surface area contributed by atoms with Gasteiger partial charge in [-0.15, -0.1) is 0 Å². The molecule has 1 nitrogen and oxygen atoms in total. The van der Waals surface area contributed by atoms with Gasteiger partial charge in [-0.1, -0.05) is 29.8 Å². The number of alkyl halides is 1. The van der Waals surface area contributed by atoms with Crippen LogP contribution in [0.3, 0.4) is 0 Å². The predicted octanol–water partition coefficient (Wildman–Crippen LogP) is 2.15. The summed E-state index contributed by atoms with van der Waals surface area (Å²) in [7, 11) is 0. The average Bonchev–Trinajstić information content (AvgIpc) is 2.54. The van der Waals surface area contributed by atoms with Gasteiger partial charge in [0.15, 0.2) is 0 Å². The van der Waals surface area contributed by atoms with Gasteiger partial charge < -0.3 is 5.32 Å². The van der Waals surface area contributed by atoms with Crippen LogP contribution in [0.15, 0.2) is 24.3 Å². The first kappa shape index (κ1) is 8.70. The minimum absolute atomic E-state index is 0.455. The van der Waals surface area contributed by atoms with E-state index >= 15 is 0 Å². The zero-order valence-corrected chi connectivity index (χ0v) is 7.81. The Bertz CT molecular complexity index is 303. The summed E-state index contributed by atoms with van der Waals surface area (Å²) >= 11 is 0. The van der Waals surface area contributed by atoms with Gasteiger partial charge in [-0.25, -0.2) is 4.39 Å². The maximum Gasteiger partial charge on any atom is 0.149 e. The van der Waals surface area contributed by atoms with E-state index in [1.54, 1.807) is 0 Å². The van der Waals surface area contributed by atoms with Crippen molar-refractivity contribution < 1.29 is 4.39 Å². The average molecular weight is 179 g/mol. The first-order valence-corrected chi connectivity index (χ1v) is 4.67. The van der Waals surface area contributed by atoms with Crippen LogP contribution in [-0.4, -0.2) is 13.1 Å². The smallest absolute Gasteiger partial charge is 0.149 e. The van der Waals surface area contributed by atoms with Crippen LogP contribution in [0.2, 0.25) is 0 Å². The van der Waals surface area contributed by atoms with Crippen molar-refractivity contribution >= 4 is 0 Å². The van der Waals surface area contributed by atoms with E-state index in [9.17, 15) is 4.39 Å². The molecule has 2 heteroatoms. The summed E-state index contributed by atoms with van der Waals surface area (Å²) in [6.45, 7) is 3.23. The molecule has 1 aromatic carbocycles. The summed E-state index contributed by atoms with van der Waals surface area (Å²) in [5.41, 5.74) is 0.811. The van der Waals surface area contributed by atoms with E-state index in [-0.39, 0.29) is 0 Å². The highest BCUT2D eigenvalue weighted by Crippen LogP contribution is 2.32. The quantitative estimate of drug-likeness (QED) is 0.696. The molecule has 0 saturated carbocycles. The third kappa shape index (κ3) is 1.59. The fraction of sp³-hybridized carbons (Fsp3) is 0.455. The number of aryl methyl sites for hydroxylation is 1. The predicted molar refractivity (Wildman–Crippen MR) is 51.5 cm³/mol. The van der Waals surface area contributed by atoms with Gasteiger partial charge in [0.1, 0.15) is 5.67 Å². The zero-order valence-electron chi connectivity index (χ0n) is 7.81. The lowest BCUT2D eigenvalue weighted by atomic mass is 9.94. The van der Waals surface area contributed by atoms with E-state index in [1.807, 2.05) is 31.2 Å². The minimum Gasteiger partial charge on any atom is -0.313 e. The van der Waals surface area contributed by atoms with Crippen LogP contribution in [0.4, 0.5) is 4.39 Å². The van der Waals surface area contributed by atoms with Crippen LogP contribution in [0.5, 0.6) is 0 Å². The van der Waals surface area contributed by atoms with Crippen LogP contribution < -0.4 is 5.32 Å². The molecule has 1 atom stereocenters. The van der Waals surface area contributed by atoms with Crippen LogP contribution in [-0.2, 0) is 5.67 Å². The summed E-state index contributed by atoms with van der Waals surface area (Å²) in [4.78, 5) is 0. The molecular formula is C11H14FN. The van der Waals surface area contributed by atoms with E-state index in [1.165, 1.54) is 0 Å². The van der Waals surface area contributed by atoms with Gasteiger partial charge >= 0.3 is 0 Å². The molecule has 1 fully saturated rings. The Morgan fingerprint density at radius 3 is 2.92 bits per heavy atom. The fourth-order valence-electron chi connectivity index (χ4n) is 1.83. The molecule has 0 aromatic heterocycles. The molecule has 0 bridgehead atoms. The topological polar surface area (TPSA) is 12.0 Å². The Morgan fingerprint density at radius 1 is 1.46 bits per heavy atom. The van der Waals surface area contributed by atoms with Crippen molar-refractivity contribution in [1.29, 1.82) is 0 Å². The molecule has 2 rings (SSSR count). The van der Waals surface area contributed by atoms with Gasteiger partial charge in [-0.05, 0) is 25.5 Å². The second kappa shape index (κ2) is 3.11. The molecule has 1 heterocycles. The third-order valence-corrected chi connectivity index (χ3v) is 2.64. The van der Waals surface area contributed by atoms with Crippen molar-refractivity contribution in [2.24, 2.45) is 0 Å². The number of benzene rings is 1. The second-order valence-corrected chi connectivity index (χ2v) is 3.76. The fourth-order valence-corrected chi connectivity index (χ4v) is 1.83. The monoisotopic (exact) mass is 179 g/mol. The van der Waals surface area contributed by atoms with E-state index < -0.39 is 5.67 Å². The summed E-state index contributed by atoms with van der Waals surface area (Å²) in [6, 6.07) is 7.73. The largest absolute Gasteiger partial charge is 0.313 e. The molecule has 1 aromatic rings. The minimum atomic E-state index is -1.13. The molecule has 1 N–H and O–H groups in total. The standard InChI is InChI=1S/C11H14FN/c1-9-3-2-4-10(7-9)11(12)5-6-13-8-11/h2-4,7,13H,5-6,8H2,1H3. The Morgan fingerprint density at radius 2 is 2.31 bits per heavy atom. The van der Waals surface area contributed by atoms with E-state index in [0.29, 0.717) is 13.0 Å². The molecule has 1 saturated heterocycles. The first-order chi connectivity index (χ1) is 6.21.